The minimum Gasteiger partial charge on any atom is -0.295 e. The second-order valence-electron chi connectivity index (χ2n) is 8.21. The highest BCUT2D eigenvalue weighted by Gasteiger charge is 2.14. The molecule has 0 amide bonds. The highest BCUT2D eigenvalue weighted by Crippen LogP contribution is 2.21. The van der Waals surface area contributed by atoms with Crippen molar-refractivity contribution in [2.45, 2.75) is 6.92 Å². The maximum absolute atomic E-state index is 13.3. The summed E-state index contributed by atoms with van der Waals surface area (Å²) in [6.07, 6.45) is 6.84. The summed E-state index contributed by atoms with van der Waals surface area (Å²) in [6.45, 7) is 1.85. The second kappa shape index (κ2) is 10.1. The summed E-state index contributed by atoms with van der Waals surface area (Å²) in [5, 5.41) is 6.35. The van der Waals surface area contributed by atoms with Crippen LogP contribution in [0.2, 0.25) is 0 Å². The summed E-state index contributed by atoms with van der Waals surface area (Å²) in [4.78, 5) is 26.1. The van der Waals surface area contributed by atoms with E-state index in [2.05, 4.69) is 15.9 Å². The van der Waals surface area contributed by atoms with Gasteiger partial charge < -0.3 is 0 Å². The summed E-state index contributed by atoms with van der Waals surface area (Å²) < 4.78 is 3.05. The number of allylic oxidation sites excluding steroid dienone is 2. The number of para-hydroxylation sites is 2. The maximum Gasteiger partial charge on any atom is 0.279 e. The van der Waals surface area contributed by atoms with Gasteiger partial charge in [-0.05, 0) is 49.4 Å². The van der Waals surface area contributed by atoms with Gasteiger partial charge >= 0.3 is 0 Å². The fraction of sp³-hybridized carbons (Fsp3) is 0.0333. The molecule has 0 fully saturated rings. The molecule has 0 bridgehead atoms. The molecular weight excluding hydrogens is 448 g/mol. The molecule has 0 saturated heterocycles. The molecule has 176 valence electrons. The zero-order valence-electron chi connectivity index (χ0n) is 19.7. The number of H-pyrrole nitrogens is 2. The third-order valence-electron chi connectivity index (χ3n) is 5.82. The van der Waals surface area contributed by atoms with E-state index in [0.29, 0.717) is 11.1 Å². The van der Waals surface area contributed by atoms with Gasteiger partial charge in [0.05, 0.1) is 28.2 Å². The molecule has 0 spiro atoms. The van der Waals surface area contributed by atoms with Crippen LogP contribution in [0.1, 0.15) is 16.8 Å². The lowest BCUT2D eigenvalue weighted by molar-refractivity contribution is 0.835. The second-order valence-corrected chi connectivity index (χ2v) is 8.21. The van der Waals surface area contributed by atoms with Crippen LogP contribution in [0.5, 0.6) is 0 Å². The average Bonchev–Trinajstić information content (AvgIpc) is 3.40. The Morgan fingerprint density at radius 3 is 1.83 bits per heavy atom. The normalized spacial score (nSPS) is 10.9. The smallest absolute Gasteiger partial charge is 0.279 e. The molecule has 5 aromatic rings. The summed E-state index contributed by atoms with van der Waals surface area (Å²) in [5.41, 5.74) is 7.72. The molecule has 36 heavy (non-hydrogen) atoms. The highest BCUT2D eigenvalue weighted by atomic mass is 16.1. The largest absolute Gasteiger partial charge is 0.295 e. The Kier molecular flexibility index (Phi) is 6.34. The van der Waals surface area contributed by atoms with Crippen LogP contribution < -0.4 is 11.1 Å². The molecule has 0 aliphatic carbocycles. The Morgan fingerprint density at radius 2 is 1.22 bits per heavy atom. The van der Waals surface area contributed by atoms with Gasteiger partial charge in [-0.15, -0.1) is 5.73 Å². The van der Waals surface area contributed by atoms with Crippen LogP contribution in [0.15, 0.2) is 118 Å². The first kappa shape index (κ1) is 22.7. The molecule has 0 unspecified atom stereocenters. The summed E-state index contributed by atoms with van der Waals surface area (Å²) in [5.74, 6) is 0. The quantitative estimate of drug-likeness (QED) is 0.253. The van der Waals surface area contributed by atoms with Crippen molar-refractivity contribution in [3.63, 3.8) is 0 Å². The van der Waals surface area contributed by atoms with Crippen LogP contribution in [0.4, 0.5) is 0 Å². The Hall–Kier alpha value is -5.06. The minimum atomic E-state index is -0.152. The van der Waals surface area contributed by atoms with Crippen LogP contribution in [0, 0.1) is 6.92 Å². The van der Waals surface area contributed by atoms with E-state index < -0.39 is 0 Å². The highest BCUT2D eigenvalue weighted by molar-refractivity contribution is 5.72. The number of aryl methyl sites for hydroxylation is 1. The summed E-state index contributed by atoms with van der Waals surface area (Å²) in [6, 6.07) is 28.6. The SMILES string of the molecule is Cc1[nH]n(-c2ccccc2)c(=O)c1C=C=CC=Cc1c(-c2ccccc2)[nH]n(-c2ccccc2)c1=O. The number of aromatic amines is 2. The Balaban J connectivity index is 1.48. The molecule has 0 radical (unpaired) electrons. The fourth-order valence-corrected chi connectivity index (χ4v) is 4.01. The van der Waals surface area contributed by atoms with Crippen LogP contribution in [-0.2, 0) is 0 Å². The third kappa shape index (κ3) is 4.49. The molecule has 2 N–H and O–H groups in total. The van der Waals surface area contributed by atoms with E-state index in [9.17, 15) is 9.59 Å². The van der Waals surface area contributed by atoms with Crippen LogP contribution in [0.3, 0.4) is 0 Å². The van der Waals surface area contributed by atoms with Gasteiger partial charge in [-0.25, -0.2) is 9.36 Å². The van der Waals surface area contributed by atoms with Gasteiger partial charge in [0.25, 0.3) is 11.1 Å². The molecule has 0 aliphatic rings. The lowest BCUT2D eigenvalue weighted by Gasteiger charge is -2.01. The molecule has 2 aromatic heterocycles. The Bertz CT molecular complexity index is 1690. The van der Waals surface area contributed by atoms with Crippen molar-refractivity contribution in [3.05, 3.63) is 146 Å². The first-order chi connectivity index (χ1) is 17.6. The molecule has 6 heteroatoms. The van der Waals surface area contributed by atoms with Crippen LogP contribution >= 0.6 is 0 Å². The molecule has 6 nitrogen and oxygen atoms in total. The van der Waals surface area contributed by atoms with E-state index in [0.717, 1.165) is 28.3 Å². The average molecular weight is 473 g/mol. The lowest BCUT2D eigenvalue weighted by Crippen LogP contribution is -2.15. The van der Waals surface area contributed by atoms with Crippen molar-refractivity contribution in [2.75, 3.05) is 0 Å². The predicted octanol–water partition coefficient (Wildman–Crippen LogP) is 5.50. The van der Waals surface area contributed by atoms with Gasteiger partial charge in [-0.1, -0.05) is 72.8 Å². The maximum atomic E-state index is 13.3. The van der Waals surface area contributed by atoms with Gasteiger partial charge in [0.15, 0.2) is 0 Å². The zero-order chi connectivity index (χ0) is 24.9. The molecular formula is C30H24N4O2. The van der Waals surface area contributed by atoms with Gasteiger partial charge in [0, 0.05) is 11.3 Å². The number of rotatable bonds is 6. The van der Waals surface area contributed by atoms with E-state index in [1.54, 1.807) is 24.3 Å². The number of hydrogen-bond acceptors (Lipinski definition) is 2. The van der Waals surface area contributed by atoms with Gasteiger partial charge in [-0.3, -0.25) is 19.8 Å². The number of nitrogens with zero attached hydrogens (tertiary/aromatic N) is 2. The van der Waals surface area contributed by atoms with Crippen LogP contribution in [-0.4, -0.2) is 19.6 Å². The van der Waals surface area contributed by atoms with Crippen LogP contribution in [0.25, 0.3) is 34.8 Å². The fourth-order valence-electron chi connectivity index (χ4n) is 4.01. The standard InChI is InChI=1S/C30H24N4O2/c1-22-26(29(35)33(31-22)24-16-8-3-9-17-24)20-12-5-13-21-27-28(23-14-6-2-7-15-23)32-34(30(27)36)25-18-10-4-11-19-25/h2-11,13-21,31-32H,1H3. The minimum absolute atomic E-state index is 0.147. The number of nitrogens with one attached hydrogen (secondary N) is 2. The molecule has 0 atom stereocenters. The number of hydrogen-bond donors (Lipinski definition) is 2. The van der Waals surface area contributed by atoms with Crippen molar-refractivity contribution in [1.82, 2.24) is 19.6 Å². The van der Waals surface area contributed by atoms with E-state index in [1.165, 1.54) is 9.36 Å². The monoisotopic (exact) mass is 472 g/mol. The third-order valence-corrected chi connectivity index (χ3v) is 5.82. The van der Waals surface area contributed by atoms with Gasteiger partial charge in [0.1, 0.15) is 0 Å². The van der Waals surface area contributed by atoms with Crippen molar-refractivity contribution in [3.8, 4) is 22.6 Å². The summed E-state index contributed by atoms with van der Waals surface area (Å²) >= 11 is 0. The molecule has 0 saturated carbocycles. The topological polar surface area (TPSA) is 75.6 Å². The van der Waals surface area contributed by atoms with Crippen molar-refractivity contribution in [1.29, 1.82) is 0 Å². The molecule has 5 rings (SSSR count). The first-order valence-electron chi connectivity index (χ1n) is 11.6. The van der Waals surface area contributed by atoms with Gasteiger partial charge in [-0.2, -0.15) is 0 Å². The van der Waals surface area contributed by atoms with E-state index >= 15 is 0 Å². The summed E-state index contributed by atoms with van der Waals surface area (Å²) in [7, 11) is 0. The predicted molar refractivity (Wildman–Crippen MR) is 145 cm³/mol. The number of aromatic nitrogens is 4. The lowest BCUT2D eigenvalue weighted by atomic mass is 10.1. The van der Waals surface area contributed by atoms with E-state index in [1.807, 2.05) is 97.9 Å². The van der Waals surface area contributed by atoms with Crippen molar-refractivity contribution in [2.24, 2.45) is 0 Å². The zero-order valence-corrected chi connectivity index (χ0v) is 19.7. The van der Waals surface area contributed by atoms with E-state index in [4.69, 9.17) is 0 Å². The molecule has 0 aliphatic heterocycles. The van der Waals surface area contributed by atoms with Crippen molar-refractivity contribution < 1.29 is 0 Å². The Morgan fingerprint density at radius 1 is 0.694 bits per heavy atom. The van der Waals surface area contributed by atoms with E-state index in [-0.39, 0.29) is 11.1 Å². The number of benzene rings is 3. The Labute approximate surface area is 207 Å². The first-order valence-corrected chi connectivity index (χ1v) is 11.6. The molecule has 3 aromatic carbocycles. The molecule has 2 heterocycles. The van der Waals surface area contributed by atoms with Gasteiger partial charge in [0.2, 0.25) is 0 Å². The van der Waals surface area contributed by atoms with Crippen molar-refractivity contribution >= 4 is 12.2 Å².